The minimum Gasteiger partial charge on any atom is -0.523 e. The fraction of sp³-hybridized carbons (Fsp3) is 0.0909. The molecule has 4 heteroatoms. The standard InChI is InChI=1S/C22H16O2.2Y/c1-23-19-13-11-15-7-3-5-9-17(15)21(19)22-18-10-6-4-8-16(18)12-14-20(22)24-2;;/h3-12H,1-2H3;;/q-2;;. The molecule has 2 radical (unpaired) electrons. The van der Waals surface area contributed by atoms with Crippen LogP contribution in [0.2, 0.25) is 0 Å². The summed E-state index contributed by atoms with van der Waals surface area (Å²) in [6, 6.07) is 26.9. The van der Waals surface area contributed by atoms with Crippen LogP contribution in [0.25, 0.3) is 32.7 Å². The van der Waals surface area contributed by atoms with E-state index in [1.165, 1.54) is 0 Å². The topological polar surface area (TPSA) is 18.5 Å². The third-order valence-electron chi connectivity index (χ3n) is 4.29. The summed E-state index contributed by atoms with van der Waals surface area (Å²) in [4.78, 5) is 0. The molecule has 0 spiro atoms. The number of fused-ring (bicyclic) bond motifs is 2. The Morgan fingerprint density at radius 1 is 0.615 bits per heavy atom. The molecule has 0 unspecified atom stereocenters. The number of methoxy groups -OCH3 is 2. The third-order valence-corrected chi connectivity index (χ3v) is 4.29. The van der Waals surface area contributed by atoms with Crippen LogP contribution in [0.3, 0.4) is 0 Å². The van der Waals surface area contributed by atoms with Crippen LogP contribution in [-0.4, -0.2) is 14.2 Å². The van der Waals surface area contributed by atoms with Crippen LogP contribution < -0.4 is 9.47 Å². The van der Waals surface area contributed by atoms with Crippen molar-refractivity contribution in [3.05, 3.63) is 72.8 Å². The Hall–Kier alpha value is -0.792. The number of hydrogen-bond donors (Lipinski definition) is 0. The Morgan fingerprint density at radius 3 is 1.38 bits per heavy atom. The van der Waals surface area contributed by atoms with Gasteiger partial charge in [-0.25, -0.2) is 0 Å². The van der Waals surface area contributed by atoms with Crippen LogP contribution in [0.15, 0.2) is 60.7 Å². The summed E-state index contributed by atoms with van der Waals surface area (Å²) in [6.45, 7) is 0. The fourth-order valence-corrected chi connectivity index (χ4v) is 3.20. The van der Waals surface area contributed by atoms with Crippen molar-refractivity contribution in [2.75, 3.05) is 14.2 Å². The van der Waals surface area contributed by atoms with E-state index in [4.69, 9.17) is 9.47 Å². The van der Waals surface area contributed by atoms with Gasteiger partial charge in [-0.3, -0.25) is 0 Å². The van der Waals surface area contributed by atoms with Crippen molar-refractivity contribution in [1.82, 2.24) is 0 Å². The first-order valence-electron chi connectivity index (χ1n) is 7.78. The van der Waals surface area contributed by atoms with E-state index in [1.54, 1.807) is 14.2 Å². The largest absolute Gasteiger partial charge is 0.523 e. The summed E-state index contributed by atoms with van der Waals surface area (Å²) in [5.74, 6) is 1.41. The van der Waals surface area contributed by atoms with Gasteiger partial charge in [0, 0.05) is 76.9 Å². The van der Waals surface area contributed by atoms with Crippen LogP contribution in [0.5, 0.6) is 11.5 Å². The summed E-state index contributed by atoms with van der Waals surface area (Å²) in [7, 11) is 3.34. The minimum atomic E-state index is 0. The van der Waals surface area contributed by atoms with E-state index in [1.807, 2.05) is 36.4 Å². The molecule has 0 aromatic heterocycles. The van der Waals surface area contributed by atoms with Gasteiger partial charge in [-0.05, 0) is 0 Å². The van der Waals surface area contributed by atoms with Crippen LogP contribution in [0.4, 0.5) is 0 Å². The van der Waals surface area contributed by atoms with Gasteiger partial charge >= 0.3 is 0 Å². The maximum absolute atomic E-state index is 5.63. The summed E-state index contributed by atoms with van der Waals surface area (Å²) in [5.41, 5.74) is 1.97. The van der Waals surface area contributed by atoms with Crippen molar-refractivity contribution in [2.24, 2.45) is 0 Å². The molecule has 2 nitrogen and oxygen atoms in total. The molecule has 0 N–H and O–H groups in total. The number of benzene rings is 4. The molecule has 4 aromatic carbocycles. The maximum Gasteiger partial charge on any atom is 0.0743 e. The molecule has 26 heavy (non-hydrogen) atoms. The first-order valence-corrected chi connectivity index (χ1v) is 7.78. The molecule has 0 amide bonds. The Bertz CT molecular complexity index is 959. The summed E-state index contributed by atoms with van der Waals surface area (Å²) < 4.78 is 11.3. The van der Waals surface area contributed by atoms with Gasteiger partial charge in [-0.1, -0.05) is 36.4 Å². The maximum atomic E-state index is 5.63. The Kier molecular flexibility index (Phi) is 7.79. The first kappa shape index (κ1) is 21.5. The second kappa shape index (κ2) is 9.42. The van der Waals surface area contributed by atoms with Gasteiger partial charge in [0.15, 0.2) is 0 Å². The van der Waals surface area contributed by atoms with Crippen LogP contribution in [0, 0.1) is 12.1 Å². The van der Waals surface area contributed by atoms with Gasteiger partial charge in [-0.15, -0.1) is 56.9 Å². The molecular formula is C22H16O2Y2-2. The quantitative estimate of drug-likeness (QED) is 0.365. The second-order valence-electron chi connectivity index (χ2n) is 5.57. The van der Waals surface area contributed by atoms with E-state index in [9.17, 15) is 0 Å². The van der Waals surface area contributed by atoms with Gasteiger partial charge in [-0.2, -0.15) is 12.1 Å². The average Bonchev–Trinajstić information content (AvgIpc) is 2.66. The SMILES string of the molecule is COc1[c-]cc2ccccc2c1-c1c(OC)[c-]cc2ccccc12.[Y].[Y]. The van der Waals surface area contributed by atoms with E-state index in [0.29, 0.717) is 11.5 Å². The van der Waals surface area contributed by atoms with Gasteiger partial charge in [0.1, 0.15) is 0 Å². The van der Waals surface area contributed by atoms with Crippen molar-refractivity contribution in [3.8, 4) is 22.6 Å². The van der Waals surface area contributed by atoms with E-state index < -0.39 is 0 Å². The van der Waals surface area contributed by atoms with Crippen LogP contribution in [0.1, 0.15) is 0 Å². The van der Waals surface area contributed by atoms with Crippen molar-refractivity contribution < 1.29 is 74.9 Å². The van der Waals surface area contributed by atoms with Crippen LogP contribution >= 0.6 is 0 Å². The zero-order chi connectivity index (χ0) is 16.5. The van der Waals surface area contributed by atoms with Gasteiger partial charge < -0.3 is 9.47 Å². The second-order valence-corrected chi connectivity index (χ2v) is 5.57. The Morgan fingerprint density at radius 2 is 1.00 bits per heavy atom. The Balaban J connectivity index is 0.00000121. The zero-order valence-electron chi connectivity index (χ0n) is 14.7. The monoisotopic (exact) mass is 490 g/mol. The molecule has 0 atom stereocenters. The first-order chi connectivity index (χ1) is 11.8. The number of ether oxygens (including phenoxy) is 2. The molecule has 0 aliphatic carbocycles. The Labute approximate surface area is 204 Å². The van der Waals surface area contributed by atoms with E-state index in [0.717, 1.165) is 32.7 Å². The molecule has 124 valence electrons. The zero-order valence-corrected chi connectivity index (χ0v) is 20.4. The molecular weight excluding hydrogens is 474 g/mol. The van der Waals surface area contributed by atoms with Crippen LogP contribution in [-0.2, 0) is 65.4 Å². The van der Waals surface area contributed by atoms with Gasteiger partial charge in [0.2, 0.25) is 0 Å². The summed E-state index contributed by atoms with van der Waals surface area (Å²) >= 11 is 0. The summed E-state index contributed by atoms with van der Waals surface area (Å²) in [6.07, 6.45) is 0. The number of hydrogen-bond acceptors (Lipinski definition) is 2. The fourth-order valence-electron chi connectivity index (χ4n) is 3.20. The van der Waals surface area contributed by atoms with Gasteiger partial charge in [0.25, 0.3) is 0 Å². The summed E-state index contributed by atoms with van der Waals surface area (Å²) in [5, 5.41) is 4.44. The molecule has 0 saturated carbocycles. The molecule has 0 heterocycles. The minimum absolute atomic E-state index is 0. The molecule has 0 aliphatic rings. The molecule has 0 saturated heterocycles. The van der Waals surface area contributed by atoms with Crippen molar-refractivity contribution in [3.63, 3.8) is 0 Å². The predicted octanol–water partition coefficient (Wildman–Crippen LogP) is 5.27. The molecule has 0 aliphatic heterocycles. The number of rotatable bonds is 3. The molecule has 4 rings (SSSR count). The third kappa shape index (κ3) is 3.76. The van der Waals surface area contributed by atoms with E-state index >= 15 is 0 Å². The smallest absolute Gasteiger partial charge is 0.0743 e. The molecule has 0 fully saturated rings. The normalized spacial score (nSPS) is 10.1. The van der Waals surface area contributed by atoms with Crippen molar-refractivity contribution >= 4 is 21.5 Å². The van der Waals surface area contributed by atoms with Gasteiger partial charge in [0.05, 0.1) is 14.2 Å². The molecule has 4 aromatic rings. The van der Waals surface area contributed by atoms with Crippen molar-refractivity contribution in [1.29, 1.82) is 0 Å². The average molecular weight is 490 g/mol. The van der Waals surface area contributed by atoms with Crippen molar-refractivity contribution in [2.45, 2.75) is 0 Å². The van der Waals surface area contributed by atoms with E-state index in [-0.39, 0.29) is 65.4 Å². The molecule has 0 bridgehead atoms. The van der Waals surface area contributed by atoms with E-state index in [2.05, 4.69) is 36.4 Å². The predicted molar refractivity (Wildman–Crippen MR) is 97.7 cm³/mol.